The third-order valence-corrected chi connectivity index (χ3v) is 6.37. The summed E-state index contributed by atoms with van der Waals surface area (Å²) in [6.07, 6.45) is 5.82. The van der Waals surface area contributed by atoms with Gasteiger partial charge in [0.15, 0.2) is 0 Å². The fraction of sp³-hybridized carbons (Fsp3) is 0.522. The van der Waals surface area contributed by atoms with Gasteiger partial charge in [-0.25, -0.2) is 4.79 Å². The van der Waals surface area contributed by atoms with E-state index < -0.39 is 0 Å². The molecular weight excluding hydrogens is 396 g/mol. The van der Waals surface area contributed by atoms with Gasteiger partial charge in [-0.05, 0) is 64.7 Å². The highest BCUT2D eigenvalue weighted by atomic mass is 32.2. The number of thioether (sulfide) groups is 1. The van der Waals surface area contributed by atoms with Crippen molar-refractivity contribution in [1.29, 1.82) is 0 Å². The van der Waals surface area contributed by atoms with Crippen molar-refractivity contribution in [2.24, 2.45) is 0 Å². The van der Waals surface area contributed by atoms with E-state index in [-0.39, 0.29) is 17.3 Å². The van der Waals surface area contributed by atoms with Crippen LogP contribution in [0.5, 0.6) is 0 Å². The van der Waals surface area contributed by atoms with Crippen LogP contribution >= 0.6 is 11.8 Å². The fourth-order valence-corrected chi connectivity index (χ4v) is 4.73. The summed E-state index contributed by atoms with van der Waals surface area (Å²) in [5.41, 5.74) is 3.33. The normalized spacial score (nSPS) is 13.3. The smallest absolute Gasteiger partial charge is 0.348 e. The van der Waals surface area contributed by atoms with Gasteiger partial charge in [0.05, 0.1) is 5.75 Å². The Morgan fingerprint density at radius 1 is 1.20 bits per heavy atom. The molecule has 3 rings (SSSR count). The molecule has 1 aromatic carbocycles. The molecule has 7 heteroatoms. The summed E-state index contributed by atoms with van der Waals surface area (Å²) in [4.78, 5) is 31.5. The number of carbonyl (C=O) groups is 1. The van der Waals surface area contributed by atoms with Crippen molar-refractivity contribution in [3.8, 4) is 0 Å². The Kier molecular flexibility index (Phi) is 8.51. The summed E-state index contributed by atoms with van der Waals surface area (Å²) in [6.45, 7) is 2.26. The van der Waals surface area contributed by atoms with Crippen molar-refractivity contribution in [3.63, 3.8) is 0 Å². The number of benzene rings is 1. The van der Waals surface area contributed by atoms with E-state index in [0.717, 1.165) is 55.8 Å². The van der Waals surface area contributed by atoms with Crippen molar-refractivity contribution in [1.82, 2.24) is 19.8 Å². The quantitative estimate of drug-likeness (QED) is 0.465. The molecule has 1 aromatic heterocycles. The van der Waals surface area contributed by atoms with E-state index in [1.807, 2.05) is 36.9 Å². The molecule has 0 spiro atoms. The minimum atomic E-state index is -0.179. The van der Waals surface area contributed by atoms with E-state index in [0.29, 0.717) is 13.1 Å². The SMILES string of the molecule is CN(C)CCCn1c2c(c(SCC(=O)NCCc3ccccc3)nc1=O)CCCC2. The fourth-order valence-electron chi connectivity index (χ4n) is 3.82. The lowest BCUT2D eigenvalue weighted by atomic mass is 9.97. The molecule has 0 unspecified atom stereocenters. The number of fused-ring (bicyclic) bond motifs is 1. The summed E-state index contributed by atoms with van der Waals surface area (Å²) in [5.74, 6) is 0.274. The van der Waals surface area contributed by atoms with Gasteiger partial charge in [-0.2, -0.15) is 4.98 Å². The number of rotatable bonds is 10. The van der Waals surface area contributed by atoms with Crippen molar-refractivity contribution in [3.05, 3.63) is 57.6 Å². The standard InChI is InChI=1S/C23H32N4O2S/c1-26(2)15-8-16-27-20-12-7-6-11-19(20)22(25-23(27)29)30-17-21(28)24-14-13-18-9-4-3-5-10-18/h3-5,9-10H,6-8,11-17H2,1-2H3,(H,24,28). The molecule has 2 aromatic rings. The first-order chi connectivity index (χ1) is 14.5. The van der Waals surface area contributed by atoms with E-state index in [9.17, 15) is 9.59 Å². The van der Waals surface area contributed by atoms with Crippen LogP contribution in [0.2, 0.25) is 0 Å². The van der Waals surface area contributed by atoms with E-state index in [4.69, 9.17) is 0 Å². The van der Waals surface area contributed by atoms with Gasteiger partial charge in [0.25, 0.3) is 0 Å². The largest absolute Gasteiger partial charge is 0.355 e. The van der Waals surface area contributed by atoms with Crippen LogP contribution in [0, 0.1) is 0 Å². The highest BCUT2D eigenvalue weighted by Crippen LogP contribution is 2.28. The Morgan fingerprint density at radius 2 is 1.97 bits per heavy atom. The topological polar surface area (TPSA) is 67.2 Å². The summed E-state index contributed by atoms with van der Waals surface area (Å²) >= 11 is 1.40. The van der Waals surface area contributed by atoms with Crippen LogP contribution in [0.4, 0.5) is 0 Å². The number of hydrogen-bond acceptors (Lipinski definition) is 5. The molecule has 6 nitrogen and oxygen atoms in total. The molecule has 1 aliphatic rings. The van der Waals surface area contributed by atoms with Crippen molar-refractivity contribution in [2.45, 2.75) is 50.1 Å². The van der Waals surface area contributed by atoms with Crippen molar-refractivity contribution < 1.29 is 4.79 Å². The first-order valence-corrected chi connectivity index (χ1v) is 11.7. The van der Waals surface area contributed by atoms with Crippen LogP contribution in [0.25, 0.3) is 0 Å². The average molecular weight is 429 g/mol. The van der Waals surface area contributed by atoms with Crippen LogP contribution < -0.4 is 11.0 Å². The van der Waals surface area contributed by atoms with Crippen LogP contribution in [-0.4, -0.2) is 53.3 Å². The first-order valence-electron chi connectivity index (χ1n) is 10.8. The number of amides is 1. The molecule has 0 bridgehead atoms. The van der Waals surface area contributed by atoms with Gasteiger partial charge in [0.2, 0.25) is 5.91 Å². The minimum Gasteiger partial charge on any atom is -0.355 e. The van der Waals surface area contributed by atoms with Crippen LogP contribution in [0.15, 0.2) is 40.2 Å². The van der Waals surface area contributed by atoms with E-state index in [2.05, 4.69) is 27.3 Å². The Hall–Kier alpha value is -2.12. The first kappa shape index (κ1) is 22.6. The van der Waals surface area contributed by atoms with Crippen LogP contribution in [-0.2, 0) is 30.6 Å². The van der Waals surface area contributed by atoms with E-state index in [1.54, 1.807) is 0 Å². The molecule has 1 aliphatic carbocycles. The van der Waals surface area contributed by atoms with Gasteiger partial charge in [0.1, 0.15) is 5.03 Å². The third-order valence-electron chi connectivity index (χ3n) is 5.36. The predicted molar refractivity (Wildman–Crippen MR) is 122 cm³/mol. The van der Waals surface area contributed by atoms with E-state index >= 15 is 0 Å². The molecule has 0 saturated heterocycles. The molecule has 30 heavy (non-hydrogen) atoms. The number of aromatic nitrogens is 2. The minimum absolute atomic E-state index is 0.0162. The molecule has 0 saturated carbocycles. The molecule has 0 atom stereocenters. The zero-order valence-electron chi connectivity index (χ0n) is 18.0. The highest BCUT2D eigenvalue weighted by molar-refractivity contribution is 7.99. The molecule has 162 valence electrons. The predicted octanol–water partition coefficient (Wildman–Crippen LogP) is 2.52. The summed E-state index contributed by atoms with van der Waals surface area (Å²) in [5, 5.41) is 3.72. The highest BCUT2D eigenvalue weighted by Gasteiger charge is 2.21. The summed E-state index contributed by atoms with van der Waals surface area (Å²) < 4.78 is 1.86. The molecular formula is C23H32N4O2S. The monoisotopic (exact) mass is 428 g/mol. The van der Waals surface area contributed by atoms with E-state index in [1.165, 1.54) is 22.9 Å². The van der Waals surface area contributed by atoms with Gasteiger partial charge < -0.3 is 10.2 Å². The number of carbonyl (C=O) groups excluding carboxylic acids is 1. The number of nitrogens with one attached hydrogen (secondary N) is 1. The summed E-state index contributed by atoms with van der Waals surface area (Å²) in [7, 11) is 4.09. The lowest BCUT2D eigenvalue weighted by Gasteiger charge is -2.23. The Bertz CT molecular complexity index is 896. The van der Waals surface area contributed by atoms with Gasteiger partial charge in [-0.3, -0.25) is 9.36 Å². The van der Waals surface area contributed by atoms with Crippen molar-refractivity contribution in [2.75, 3.05) is 32.9 Å². The van der Waals surface area contributed by atoms with Gasteiger partial charge in [-0.15, -0.1) is 0 Å². The second kappa shape index (κ2) is 11.3. The number of nitrogens with zero attached hydrogens (tertiary/aromatic N) is 3. The molecule has 1 heterocycles. The maximum Gasteiger partial charge on any atom is 0.348 e. The Morgan fingerprint density at radius 3 is 2.73 bits per heavy atom. The Balaban J connectivity index is 1.59. The molecule has 1 N–H and O–H groups in total. The summed E-state index contributed by atoms with van der Waals surface area (Å²) in [6, 6.07) is 10.1. The molecule has 0 aliphatic heterocycles. The molecule has 0 fully saturated rings. The second-order valence-corrected chi connectivity index (χ2v) is 8.98. The van der Waals surface area contributed by atoms with Crippen LogP contribution in [0.3, 0.4) is 0 Å². The maximum atomic E-state index is 12.7. The van der Waals surface area contributed by atoms with Gasteiger partial charge in [-0.1, -0.05) is 42.1 Å². The second-order valence-electron chi connectivity index (χ2n) is 8.01. The zero-order chi connectivity index (χ0) is 21.3. The van der Waals surface area contributed by atoms with Crippen molar-refractivity contribution >= 4 is 17.7 Å². The molecule has 0 radical (unpaired) electrons. The third kappa shape index (κ3) is 6.44. The zero-order valence-corrected chi connectivity index (χ0v) is 18.8. The average Bonchev–Trinajstić information content (AvgIpc) is 2.74. The lowest BCUT2D eigenvalue weighted by Crippen LogP contribution is -2.32. The van der Waals surface area contributed by atoms with Crippen LogP contribution in [0.1, 0.15) is 36.1 Å². The number of hydrogen-bond donors (Lipinski definition) is 1. The Labute approximate surface area is 183 Å². The van der Waals surface area contributed by atoms with Gasteiger partial charge >= 0.3 is 5.69 Å². The van der Waals surface area contributed by atoms with Gasteiger partial charge in [0, 0.05) is 24.3 Å². The maximum absolute atomic E-state index is 12.7. The lowest BCUT2D eigenvalue weighted by molar-refractivity contribution is -0.118. The molecule has 1 amide bonds.